The highest BCUT2D eigenvalue weighted by molar-refractivity contribution is 6.35. The first-order chi connectivity index (χ1) is 22.8. The number of Topliss-reactive ketones (excluding diaryl/α,β-unsaturated/α-hetero) is 1. The van der Waals surface area contributed by atoms with Crippen LogP contribution < -0.4 is 21.3 Å². The van der Waals surface area contributed by atoms with Gasteiger partial charge < -0.3 is 21.3 Å². The molecule has 0 aliphatic carbocycles. The monoisotopic (exact) mass is 702 g/mol. The van der Waals surface area contributed by atoms with Crippen molar-refractivity contribution in [3.63, 3.8) is 0 Å². The SMILES string of the molecule is Cc1c(C(=O)N(CC(=O)C2CCNCCNCCCNCCN2)N2CCCCC2)nn(-c2ccc(Cl)cc2Cl)c1-c1ccc(Cl)cc1. The Morgan fingerprint density at radius 2 is 1.49 bits per heavy atom. The first-order valence-electron chi connectivity index (χ1n) is 16.6. The van der Waals surface area contributed by atoms with Gasteiger partial charge in [-0.2, -0.15) is 5.10 Å². The molecule has 0 spiro atoms. The van der Waals surface area contributed by atoms with Crippen LogP contribution >= 0.6 is 34.8 Å². The maximum Gasteiger partial charge on any atom is 0.289 e. The summed E-state index contributed by atoms with van der Waals surface area (Å²) in [6.07, 6.45) is 4.67. The summed E-state index contributed by atoms with van der Waals surface area (Å²) < 4.78 is 1.69. The van der Waals surface area contributed by atoms with Gasteiger partial charge in [-0.05, 0) is 82.6 Å². The zero-order valence-corrected chi connectivity index (χ0v) is 29.2. The Bertz CT molecular complexity index is 1480. The maximum atomic E-state index is 14.6. The summed E-state index contributed by atoms with van der Waals surface area (Å²) in [7, 11) is 0. The molecule has 10 nitrogen and oxygen atoms in total. The number of aromatic nitrogens is 2. The smallest absolute Gasteiger partial charge is 0.289 e. The lowest BCUT2D eigenvalue weighted by Gasteiger charge is -2.37. The van der Waals surface area contributed by atoms with E-state index in [4.69, 9.17) is 39.9 Å². The number of amides is 1. The molecule has 2 aromatic carbocycles. The minimum atomic E-state index is -0.392. The van der Waals surface area contributed by atoms with Crippen LogP contribution in [0.2, 0.25) is 15.1 Å². The molecule has 2 fully saturated rings. The molecule has 0 radical (unpaired) electrons. The van der Waals surface area contributed by atoms with Gasteiger partial charge in [-0.3, -0.25) is 14.6 Å². The third-order valence-electron chi connectivity index (χ3n) is 8.67. The van der Waals surface area contributed by atoms with Crippen molar-refractivity contribution in [1.82, 2.24) is 41.1 Å². The number of nitrogens with one attached hydrogen (secondary N) is 4. The zero-order chi connectivity index (χ0) is 33.2. The number of halogens is 3. The fourth-order valence-electron chi connectivity index (χ4n) is 6.12. The fraction of sp³-hybridized carbons (Fsp3) is 0.500. The highest BCUT2D eigenvalue weighted by atomic mass is 35.5. The maximum absolute atomic E-state index is 14.6. The lowest BCUT2D eigenvalue weighted by Crippen LogP contribution is -2.54. The number of hydrogen-bond acceptors (Lipinski definition) is 8. The second-order valence-electron chi connectivity index (χ2n) is 12.1. The van der Waals surface area contributed by atoms with Gasteiger partial charge in [0.15, 0.2) is 11.5 Å². The van der Waals surface area contributed by atoms with E-state index in [1.54, 1.807) is 40.0 Å². The minimum Gasteiger partial charge on any atom is -0.315 e. The van der Waals surface area contributed by atoms with E-state index < -0.39 is 6.04 Å². The summed E-state index contributed by atoms with van der Waals surface area (Å²) in [5.74, 6) is -0.338. The number of piperidine rings is 1. The van der Waals surface area contributed by atoms with Crippen LogP contribution in [0.5, 0.6) is 0 Å². The highest BCUT2D eigenvalue weighted by Gasteiger charge is 2.33. The van der Waals surface area contributed by atoms with Gasteiger partial charge in [0.25, 0.3) is 5.91 Å². The van der Waals surface area contributed by atoms with Gasteiger partial charge in [0, 0.05) is 60.4 Å². The summed E-state index contributed by atoms with van der Waals surface area (Å²) >= 11 is 19.1. The molecular formula is C34H45Cl3N8O2. The molecule has 2 aliphatic rings. The molecule has 13 heteroatoms. The molecule has 1 amide bonds. The standard InChI is InChI=1S/C34H45Cl3N8O2/c1-24-32(42-45(30-11-10-27(36)22-28(30)37)33(24)25-6-8-26(35)9-7-25)34(47)44(43-20-3-2-4-21-43)23-31(46)29-12-15-40-17-16-38-13-5-14-39-18-19-41-29/h6-11,22,29,38-41H,2-5,12-21,23H2,1H3. The summed E-state index contributed by atoms with van der Waals surface area (Å²) in [4.78, 5) is 28.6. The Kier molecular flexibility index (Phi) is 13.5. The van der Waals surface area contributed by atoms with E-state index in [1.807, 2.05) is 24.1 Å². The normalized spacial score (nSPS) is 19.2. The average Bonchev–Trinajstić information content (AvgIpc) is 3.41. The topological polar surface area (TPSA) is 107 Å². The van der Waals surface area contributed by atoms with Crippen LogP contribution in [0.15, 0.2) is 42.5 Å². The largest absolute Gasteiger partial charge is 0.315 e. The summed E-state index contributed by atoms with van der Waals surface area (Å²) in [6.45, 7) is 8.98. The third kappa shape index (κ3) is 9.55. The van der Waals surface area contributed by atoms with Crippen LogP contribution in [0.1, 0.15) is 48.2 Å². The van der Waals surface area contributed by atoms with Gasteiger partial charge >= 0.3 is 0 Å². The van der Waals surface area contributed by atoms with Crippen molar-refractivity contribution in [2.75, 3.05) is 65.4 Å². The van der Waals surface area contributed by atoms with Gasteiger partial charge in [0.1, 0.15) is 0 Å². The van der Waals surface area contributed by atoms with Crippen LogP contribution in [0.3, 0.4) is 0 Å². The van der Waals surface area contributed by atoms with E-state index in [0.29, 0.717) is 64.6 Å². The number of carbonyl (C=O) groups is 2. The lowest BCUT2D eigenvalue weighted by molar-refractivity contribution is -0.126. The van der Waals surface area contributed by atoms with Crippen molar-refractivity contribution < 1.29 is 9.59 Å². The number of ketones is 1. The molecule has 0 bridgehead atoms. The van der Waals surface area contributed by atoms with Gasteiger partial charge in [-0.1, -0.05) is 53.4 Å². The van der Waals surface area contributed by atoms with E-state index in [0.717, 1.165) is 64.0 Å². The van der Waals surface area contributed by atoms with Crippen LogP contribution in [-0.4, -0.2) is 103 Å². The first-order valence-corrected chi connectivity index (χ1v) is 17.7. The molecule has 2 saturated heterocycles. The Morgan fingerprint density at radius 3 is 2.19 bits per heavy atom. The molecule has 1 atom stereocenters. The van der Waals surface area contributed by atoms with E-state index in [1.165, 1.54) is 0 Å². The number of nitrogens with zero attached hydrogens (tertiary/aromatic N) is 4. The van der Waals surface area contributed by atoms with Crippen molar-refractivity contribution in [3.8, 4) is 16.9 Å². The molecule has 0 saturated carbocycles. The number of rotatable bonds is 7. The Hall–Kier alpha value is -2.54. The van der Waals surface area contributed by atoms with Crippen LogP contribution in [0.4, 0.5) is 0 Å². The molecule has 1 aromatic heterocycles. The van der Waals surface area contributed by atoms with E-state index in [2.05, 4.69) is 21.3 Å². The predicted molar refractivity (Wildman–Crippen MR) is 190 cm³/mol. The second kappa shape index (κ2) is 17.7. The Morgan fingerprint density at radius 1 is 0.830 bits per heavy atom. The molecule has 1 unspecified atom stereocenters. The van der Waals surface area contributed by atoms with E-state index in [9.17, 15) is 9.59 Å². The van der Waals surface area contributed by atoms with Crippen LogP contribution in [0.25, 0.3) is 16.9 Å². The van der Waals surface area contributed by atoms with Gasteiger partial charge in [0.2, 0.25) is 0 Å². The molecule has 47 heavy (non-hydrogen) atoms. The van der Waals surface area contributed by atoms with Gasteiger partial charge in [0.05, 0.1) is 29.0 Å². The van der Waals surface area contributed by atoms with Crippen molar-refractivity contribution in [3.05, 3.63) is 68.8 Å². The first kappa shape index (κ1) is 35.8. The van der Waals surface area contributed by atoms with Crippen molar-refractivity contribution in [2.24, 2.45) is 0 Å². The summed E-state index contributed by atoms with van der Waals surface area (Å²) in [5.41, 5.74) is 3.06. The van der Waals surface area contributed by atoms with E-state index >= 15 is 0 Å². The van der Waals surface area contributed by atoms with Gasteiger partial charge in [-0.25, -0.2) is 9.69 Å². The molecule has 3 aromatic rings. The number of benzene rings is 2. The quantitative estimate of drug-likeness (QED) is 0.280. The summed E-state index contributed by atoms with van der Waals surface area (Å²) in [6, 6.07) is 12.2. The zero-order valence-electron chi connectivity index (χ0n) is 27.0. The Labute approximate surface area is 292 Å². The van der Waals surface area contributed by atoms with Crippen molar-refractivity contribution in [1.29, 1.82) is 0 Å². The second-order valence-corrected chi connectivity index (χ2v) is 13.4. The Balaban J connectivity index is 1.46. The van der Waals surface area contributed by atoms with Crippen molar-refractivity contribution in [2.45, 2.75) is 45.1 Å². The summed E-state index contributed by atoms with van der Waals surface area (Å²) in [5, 5.41) is 23.8. The third-order valence-corrected chi connectivity index (χ3v) is 9.46. The van der Waals surface area contributed by atoms with Crippen LogP contribution in [-0.2, 0) is 4.79 Å². The molecule has 2 aliphatic heterocycles. The van der Waals surface area contributed by atoms with Crippen LogP contribution in [0, 0.1) is 6.92 Å². The number of hydrogen-bond donors (Lipinski definition) is 4. The minimum absolute atomic E-state index is 0.0216. The molecule has 3 heterocycles. The van der Waals surface area contributed by atoms with Gasteiger partial charge in [-0.15, -0.1) is 0 Å². The van der Waals surface area contributed by atoms with E-state index in [-0.39, 0.29) is 23.9 Å². The highest BCUT2D eigenvalue weighted by Crippen LogP contribution is 2.34. The molecule has 254 valence electrons. The molecule has 5 rings (SSSR count). The predicted octanol–water partition coefficient (Wildman–Crippen LogP) is 4.74. The van der Waals surface area contributed by atoms with Crippen molar-refractivity contribution >= 4 is 46.5 Å². The number of carbonyl (C=O) groups excluding carboxylic acids is 2. The fourth-order valence-corrected chi connectivity index (χ4v) is 6.73. The molecular weight excluding hydrogens is 659 g/mol. The number of hydrazine groups is 1. The average molecular weight is 704 g/mol. The molecule has 4 N–H and O–H groups in total. The lowest BCUT2D eigenvalue weighted by atomic mass is 10.1.